The monoisotopic (exact) mass is 342 g/mol. The lowest BCUT2D eigenvalue weighted by Gasteiger charge is -2.19. The molecule has 3 rings (SSSR count). The second-order valence-corrected chi connectivity index (χ2v) is 6.26. The Bertz CT molecular complexity index is 742. The fourth-order valence-electron chi connectivity index (χ4n) is 3.08. The van der Waals surface area contributed by atoms with Crippen LogP contribution in [0.5, 0.6) is 5.75 Å². The Morgan fingerprint density at radius 1 is 1.20 bits per heavy atom. The van der Waals surface area contributed by atoms with Crippen LogP contribution in [-0.4, -0.2) is 26.1 Å². The third-order valence-electron chi connectivity index (χ3n) is 4.47. The first-order valence-electron chi connectivity index (χ1n) is 8.63. The smallest absolute Gasteiger partial charge is 0.224 e. The van der Waals surface area contributed by atoms with E-state index in [1.165, 1.54) is 6.07 Å². The number of carbonyl (C=O) groups excluding carboxylic acids is 1. The van der Waals surface area contributed by atoms with Gasteiger partial charge in [0, 0.05) is 25.2 Å². The molecule has 4 nitrogen and oxygen atoms in total. The Labute approximate surface area is 147 Å². The molecule has 0 aliphatic carbocycles. The Morgan fingerprint density at radius 3 is 2.76 bits per heavy atom. The van der Waals surface area contributed by atoms with Gasteiger partial charge in [-0.25, -0.2) is 4.39 Å². The first-order chi connectivity index (χ1) is 12.2. The van der Waals surface area contributed by atoms with Gasteiger partial charge in [-0.1, -0.05) is 12.1 Å². The summed E-state index contributed by atoms with van der Waals surface area (Å²) < 4.78 is 19.2. The number of benzene rings is 2. The molecular formula is C20H23FN2O2. The summed E-state index contributed by atoms with van der Waals surface area (Å²) in [5, 5.41) is 2.70. The molecule has 0 bridgehead atoms. The van der Waals surface area contributed by atoms with E-state index in [4.69, 9.17) is 4.74 Å². The Kier molecular flexibility index (Phi) is 5.53. The van der Waals surface area contributed by atoms with Crippen molar-refractivity contribution in [2.24, 2.45) is 0 Å². The van der Waals surface area contributed by atoms with E-state index in [1.807, 2.05) is 24.3 Å². The largest absolute Gasteiger partial charge is 0.497 e. The number of hydrogen-bond acceptors (Lipinski definition) is 3. The second kappa shape index (κ2) is 8.01. The minimum Gasteiger partial charge on any atom is -0.497 e. The van der Waals surface area contributed by atoms with Crippen molar-refractivity contribution in [1.82, 2.24) is 0 Å². The van der Waals surface area contributed by atoms with Gasteiger partial charge in [0.25, 0.3) is 0 Å². The van der Waals surface area contributed by atoms with Crippen molar-refractivity contribution >= 4 is 17.3 Å². The standard InChI is InChI=1S/C20H23FN2O2/c1-25-17-6-4-5-15(13-17)7-10-20(24)22-19-14-16(8-9-18(19)21)23-11-2-3-12-23/h4-6,8-9,13-14H,2-3,7,10-12H2,1H3,(H,22,24). The predicted octanol–water partition coefficient (Wildman–Crippen LogP) is 4.01. The molecule has 2 aromatic rings. The quantitative estimate of drug-likeness (QED) is 0.862. The number of methoxy groups -OCH3 is 1. The van der Waals surface area contributed by atoms with Crippen LogP contribution in [0.3, 0.4) is 0 Å². The summed E-state index contributed by atoms with van der Waals surface area (Å²) in [4.78, 5) is 14.4. The summed E-state index contributed by atoms with van der Waals surface area (Å²) in [5.74, 6) is 0.167. The van der Waals surface area contributed by atoms with Crippen molar-refractivity contribution in [1.29, 1.82) is 0 Å². The molecule has 1 amide bonds. The lowest BCUT2D eigenvalue weighted by Crippen LogP contribution is -2.19. The van der Waals surface area contributed by atoms with Gasteiger partial charge in [0.15, 0.2) is 0 Å². The van der Waals surface area contributed by atoms with E-state index in [0.29, 0.717) is 12.8 Å². The van der Waals surface area contributed by atoms with E-state index in [0.717, 1.165) is 42.9 Å². The third-order valence-corrected chi connectivity index (χ3v) is 4.47. The summed E-state index contributed by atoms with van der Waals surface area (Å²) in [6, 6.07) is 12.5. The zero-order valence-corrected chi connectivity index (χ0v) is 14.4. The van der Waals surface area contributed by atoms with Gasteiger partial charge in [-0.2, -0.15) is 0 Å². The van der Waals surface area contributed by atoms with Crippen molar-refractivity contribution in [3.05, 3.63) is 53.8 Å². The molecule has 1 aliphatic heterocycles. The van der Waals surface area contributed by atoms with Crippen LogP contribution in [0, 0.1) is 5.82 Å². The molecular weight excluding hydrogens is 319 g/mol. The van der Waals surface area contributed by atoms with Crippen molar-refractivity contribution in [3.63, 3.8) is 0 Å². The number of nitrogens with one attached hydrogen (secondary N) is 1. The molecule has 1 saturated heterocycles. The Morgan fingerprint density at radius 2 is 2.00 bits per heavy atom. The fraction of sp³-hybridized carbons (Fsp3) is 0.350. The number of anilines is 2. The summed E-state index contributed by atoms with van der Waals surface area (Å²) >= 11 is 0. The number of ether oxygens (including phenoxy) is 1. The summed E-state index contributed by atoms with van der Waals surface area (Å²) in [6.45, 7) is 1.96. The highest BCUT2D eigenvalue weighted by molar-refractivity contribution is 5.91. The van der Waals surface area contributed by atoms with E-state index in [-0.39, 0.29) is 11.6 Å². The normalized spacial score (nSPS) is 13.8. The number of rotatable bonds is 6. The topological polar surface area (TPSA) is 41.6 Å². The lowest BCUT2D eigenvalue weighted by molar-refractivity contribution is -0.116. The molecule has 132 valence electrons. The minimum absolute atomic E-state index is 0.194. The van der Waals surface area contributed by atoms with E-state index in [9.17, 15) is 9.18 Å². The maximum Gasteiger partial charge on any atom is 0.224 e. The first kappa shape index (κ1) is 17.3. The zero-order valence-electron chi connectivity index (χ0n) is 14.4. The van der Waals surface area contributed by atoms with Gasteiger partial charge >= 0.3 is 0 Å². The van der Waals surface area contributed by atoms with Gasteiger partial charge in [-0.05, 0) is 55.2 Å². The number of aryl methyl sites for hydroxylation is 1. The van der Waals surface area contributed by atoms with Crippen molar-refractivity contribution in [3.8, 4) is 5.75 Å². The third kappa shape index (κ3) is 4.50. The number of hydrogen-bond donors (Lipinski definition) is 1. The number of carbonyl (C=O) groups is 1. The molecule has 0 radical (unpaired) electrons. The van der Waals surface area contributed by atoms with Crippen LogP contribution in [0.2, 0.25) is 0 Å². The highest BCUT2D eigenvalue weighted by atomic mass is 19.1. The van der Waals surface area contributed by atoms with Gasteiger partial charge < -0.3 is 15.0 Å². The summed E-state index contributed by atoms with van der Waals surface area (Å²) in [5.41, 5.74) is 2.22. The molecule has 0 atom stereocenters. The average molecular weight is 342 g/mol. The van der Waals surface area contributed by atoms with Crippen LogP contribution < -0.4 is 15.0 Å². The van der Waals surface area contributed by atoms with Crippen LogP contribution in [0.25, 0.3) is 0 Å². The molecule has 1 fully saturated rings. The molecule has 1 heterocycles. The molecule has 1 N–H and O–H groups in total. The summed E-state index contributed by atoms with van der Waals surface area (Å²) in [7, 11) is 1.61. The molecule has 0 spiro atoms. The van der Waals surface area contributed by atoms with E-state index >= 15 is 0 Å². The Hall–Kier alpha value is -2.56. The second-order valence-electron chi connectivity index (χ2n) is 6.26. The molecule has 5 heteroatoms. The molecule has 2 aromatic carbocycles. The summed E-state index contributed by atoms with van der Waals surface area (Å²) in [6.07, 6.45) is 3.18. The van der Waals surface area contributed by atoms with Crippen molar-refractivity contribution in [2.75, 3.05) is 30.4 Å². The molecule has 25 heavy (non-hydrogen) atoms. The first-order valence-corrected chi connectivity index (χ1v) is 8.63. The molecule has 0 unspecified atom stereocenters. The van der Waals surface area contributed by atoms with E-state index in [1.54, 1.807) is 19.2 Å². The van der Waals surface area contributed by atoms with Crippen LogP contribution >= 0.6 is 0 Å². The van der Waals surface area contributed by atoms with Crippen molar-refractivity contribution in [2.45, 2.75) is 25.7 Å². The predicted molar refractivity (Wildman–Crippen MR) is 97.8 cm³/mol. The van der Waals surface area contributed by atoms with E-state index < -0.39 is 5.82 Å². The van der Waals surface area contributed by atoms with Crippen LogP contribution in [0.15, 0.2) is 42.5 Å². The van der Waals surface area contributed by atoms with Crippen LogP contribution in [-0.2, 0) is 11.2 Å². The molecule has 1 aliphatic rings. The van der Waals surface area contributed by atoms with Crippen molar-refractivity contribution < 1.29 is 13.9 Å². The highest BCUT2D eigenvalue weighted by Gasteiger charge is 2.15. The maximum absolute atomic E-state index is 14.0. The van der Waals surface area contributed by atoms with Crippen LogP contribution in [0.1, 0.15) is 24.8 Å². The maximum atomic E-state index is 14.0. The number of amides is 1. The number of halogens is 1. The lowest BCUT2D eigenvalue weighted by atomic mass is 10.1. The van der Waals surface area contributed by atoms with Gasteiger partial charge in [-0.15, -0.1) is 0 Å². The Balaban J connectivity index is 1.61. The molecule has 0 aromatic heterocycles. The van der Waals surface area contributed by atoms with Gasteiger partial charge in [0.05, 0.1) is 12.8 Å². The zero-order chi connectivity index (χ0) is 17.6. The molecule has 0 saturated carbocycles. The SMILES string of the molecule is COc1cccc(CCC(=O)Nc2cc(N3CCCC3)ccc2F)c1. The average Bonchev–Trinajstić information content (AvgIpc) is 3.17. The highest BCUT2D eigenvalue weighted by Crippen LogP contribution is 2.26. The number of nitrogens with zero attached hydrogens (tertiary/aromatic N) is 1. The minimum atomic E-state index is -0.405. The van der Waals surface area contributed by atoms with Gasteiger partial charge in [0.2, 0.25) is 5.91 Å². The fourth-order valence-corrected chi connectivity index (χ4v) is 3.08. The van der Waals surface area contributed by atoms with Gasteiger partial charge in [0.1, 0.15) is 11.6 Å². The van der Waals surface area contributed by atoms with E-state index in [2.05, 4.69) is 10.2 Å². The van der Waals surface area contributed by atoms with Gasteiger partial charge in [-0.3, -0.25) is 4.79 Å². The van der Waals surface area contributed by atoms with Crippen LogP contribution in [0.4, 0.5) is 15.8 Å².